The molecule has 0 saturated heterocycles. The van der Waals surface area contributed by atoms with Crippen molar-refractivity contribution in [3.05, 3.63) is 113 Å². The number of rotatable bonds is 13. The number of hydrogen-bond acceptors (Lipinski definition) is 6. The van der Waals surface area contributed by atoms with Gasteiger partial charge in [0.15, 0.2) is 0 Å². The number of nitrogens with one attached hydrogen (secondary N) is 1. The van der Waals surface area contributed by atoms with Crippen LogP contribution in [0.1, 0.15) is 66.3 Å². The van der Waals surface area contributed by atoms with E-state index >= 15 is 0 Å². The first-order valence-electron chi connectivity index (χ1n) is 14.8. The summed E-state index contributed by atoms with van der Waals surface area (Å²) in [4.78, 5) is 37.3. The van der Waals surface area contributed by atoms with Gasteiger partial charge < -0.3 is 31.4 Å². The Morgan fingerprint density at radius 2 is 1.62 bits per heavy atom. The van der Waals surface area contributed by atoms with Crippen molar-refractivity contribution in [1.82, 2.24) is 9.88 Å². The summed E-state index contributed by atoms with van der Waals surface area (Å²) in [5.41, 5.74) is 4.46. The number of aromatic nitrogens is 1. The second-order valence-electron chi connectivity index (χ2n) is 11.1. The Morgan fingerprint density at radius 3 is 2.23 bits per heavy atom. The summed E-state index contributed by atoms with van der Waals surface area (Å²) in [5.74, 6) is -2.51. The topological polar surface area (TPSA) is 138 Å². The van der Waals surface area contributed by atoms with Crippen LogP contribution in [0.15, 0.2) is 84.9 Å². The van der Waals surface area contributed by atoms with Gasteiger partial charge in [0.25, 0.3) is 5.91 Å². The van der Waals surface area contributed by atoms with E-state index in [1.807, 2.05) is 48.7 Å². The molecule has 242 valence electrons. The van der Waals surface area contributed by atoms with E-state index in [1.54, 1.807) is 42.5 Å². The zero-order valence-electron chi connectivity index (χ0n) is 27.8. The number of methoxy groups -OCH3 is 1. The summed E-state index contributed by atoms with van der Waals surface area (Å²) in [5, 5.41) is 32.8. The van der Waals surface area contributed by atoms with Crippen molar-refractivity contribution < 1.29 is 69.8 Å². The Bertz CT molecular complexity index is 1730. The maximum absolute atomic E-state index is 14.2. The predicted octanol–water partition coefficient (Wildman–Crippen LogP) is 2.98. The Kier molecular flexibility index (Phi) is 13.7. The van der Waals surface area contributed by atoms with E-state index in [1.165, 1.54) is 25.3 Å². The molecule has 0 unspecified atom stereocenters. The van der Waals surface area contributed by atoms with Crippen LogP contribution in [0.2, 0.25) is 0 Å². The van der Waals surface area contributed by atoms with Crippen LogP contribution in [0, 0.1) is 5.82 Å². The molecular weight excluding hydrogens is 614 g/mol. The van der Waals surface area contributed by atoms with Crippen LogP contribution in [0.25, 0.3) is 28.3 Å². The van der Waals surface area contributed by atoms with Gasteiger partial charge in [0, 0.05) is 35.8 Å². The third-order valence-corrected chi connectivity index (χ3v) is 7.37. The van der Waals surface area contributed by atoms with Gasteiger partial charge in [-0.15, -0.1) is 0 Å². The van der Waals surface area contributed by atoms with Crippen molar-refractivity contribution >= 4 is 23.9 Å². The number of nitrogens with zero attached hydrogens (tertiary/aromatic N) is 1. The van der Waals surface area contributed by atoms with Gasteiger partial charge in [-0.1, -0.05) is 60.7 Å². The van der Waals surface area contributed by atoms with Gasteiger partial charge in [-0.05, 0) is 60.9 Å². The minimum atomic E-state index is -1.26. The van der Waals surface area contributed by atoms with Crippen molar-refractivity contribution in [1.29, 1.82) is 0 Å². The molecule has 0 bridgehead atoms. The normalized spacial score (nSPS) is 12.4. The molecule has 3 aromatic carbocycles. The van der Waals surface area contributed by atoms with Crippen molar-refractivity contribution in [2.45, 2.75) is 51.5 Å². The van der Waals surface area contributed by atoms with Gasteiger partial charge in [0.1, 0.15) is 11.5 Å². The number of carboxylic acids is 1. The van der Waals surface area contributed by atoms with Crippen LogP contribution in [-0.2, 0) is 16.1 Å². The van der Waals surface area contributed by atoms with Crippen molar-refractivity contribution in [2.24, 2.45) is 0 Å². The van der Waals surface area contributed by atoms with Gasteiger partial charge in [-0.3, -0.25) is 9.59 Å². The number of hydrogen-bond donors (Lipinski definition) is 4. The monoisotopic (exact) mass is 652 g/mol. The summed E-state index contributed by atoms with van der Waals surface area (Å²) in [6.07, 6.45) is -0.0873. The second kappa shape index (κ2) is 17.2. The van der Waals surface area contributed by atoms with Gasteiger partial charge in [-0.25, -0.2) is 9.18 Å². The molecule has 2 atom stereocenters. The third-order valence-electron chi connectivity index (χ3n) is 7.37. The summed E-state index contributed by atoms with van der Waals surface area (Å²) in [6, 6.07) is 21.7. The zero-order chi connectivity index (χ0) is 33.4. The average molecular weight is 653 g/mol. The first-order valence-corrected chi connectivity index (χ1v) is 14.8. The molecule has 0 spiro atoms. The Balaban J connectivity index is 0.00000400. The molecule has 0 fully saturated rings. The molecule has 4 N–H and O–H groups in total. The number of halogens is 1. The fourth-order valence-electron chi connectivity index (χ4n) is 5.36. The van der Waals surface area contributed by atoms with Gasteiger partial charge in [0.2, 0.25) is 0 Å². The van der Waals surface area contributed by atoms with Crippen LogP contribution < -0.4 is 34.9 Å². The first-order chi connectivity index (χ1) is 22.0. The number of carbonyl (C=O) groups is 3. The smallest absolute Gasteiger partial charge is 1.00 e. The van der Waals surface area contributed by atoms with E-state index in [2.05, 4.69) is 5.32 Å². The SMILES string of the molecule is COC(=O)c1cccc(CNC(=O)c2c(-c3ccccc3)c(-c3ccc(F)cc3)c(/C=C/[C@@H](O)C[C@@H](O)CC(=O)O)n2C(C)C)c1.[H-].[Na+]. The fourth-order valence-corrected chi connectivity index (χ4v) is 5.36. The Labute approximate surface area is 296 Å². The first kappa shape index (κ1) is 37.4. The third kappa shape index (κ3) is 9.50. The molecule has 4 aromatic rings. The van der Waals surface area contributed by atoms with Crippen molar-refractivity contribution in [2.75, 3.05) is 7.11 Å². The van der Waals surface area contributed by atoms with E-state index < -0.39 is 42.3 Å². The number of carboxylic acid groups (broad SMARTS) is 1. The number of ether oxygens (including phenoxy) is 1. The maximum Gasteiger partial charge on any atom is 1.00 e. The molecule has 47 heavy (non-hydrogen) atoms. The second-order valence-corrected chi connectivity index (χ2v) is 11.1. The van der Waals surface area contributed by atoms with Crippen LogP contribution >= 0.6 is 0 Å². The molecule has 0 aliphatic rings. The average Bonchev–Trinajstić information content (AvgIpc) is 3.38. The standard InChI is InChI=1S/C36H37FN2O7.Na.H/c1-22(2)39-30(17-16-28(40)19-29(41)20-31(42)43)32(25-12-14-27(37)15-13-25)33(24-9-5-4-6-10-24)34(39)35(44)38-21-23-8-7-11-26(18-23)36(45)46-3;;/h4-18,22,28-29,40-41H,19-21H2,1-3H3,(H,38,44)(H,42,43);;/q;+1;-1/b17-16+;;/t28-,29-;;/m1../s1. The molecule has 0 radical (unpaired) electrons. The van der Waals surface area contributed by atoms with Crippen LogP contribution in [0.5, 0.6) is 0 Å². The molecule has 9 nitrogen and oxygen atoms in total. The van der Waals surface area contributed by atoms with Crippen LogP contribution in [0.3, 0.4) is 0 Å². The van der Waals surface area contributed by atoms with Crippen molar-refractivity contribution in [3.8, 4) is 22.3 Å². The quantitative estimate of drug-likeness (QED) is 0.129. The number of benzene rings is 3. The minimum absolute atomic E-state index is 0. The summed E-state index contributed by atoms with van der Waals surface area (Å²) >= 11 is 0. The molecule has 4 rings (SSSR count). The number of aliphatic hydroxyl groups is 2. The molecule has 0 saturated carbocycles. The summed E-state index contributed by atoms with van der Waals surface area (Å²) < 4.78 is 20.7. The predicted molar refractivity (Wildman–Crippen MR) is 174 cm³/mol. The van der Waals surface area contributed by atoms with E-state index in [9.17, 15) is 29.0 Å². The van der Waals surface area contributed by atoms with E-state index in [4.69, 9.17) is 9.84 Å². The number of amides is 1. The van der Waals surface area contributed by atoms with Crippen LogP contribution in [0.4, 0.5) is 4.39 Å². The molecule has 11 heteroatoms. The molecule has 1 aromatic heterocycles. The molecule has 0 aliphatic carbocycles. The summed E-state index contributed by atoms with van der Waals surface area (Å²) in [7, 11) is 1.30. The molecule has 1 amide bonds. The number of esters is 1. The minimum Gasteiger partial charge on any atom is -1.00 e. The number of carbonyl (C=O) groups excluding carboxylic acids is 2. The molecule has 1 heterocycles. The fraction of sp³-hybridized carbons (Fsp3) is 0.250. The molecule has 0 aliphatic heterocycles. The van der Waals surface area contributed by atoms with E-state index in [-0.39, 0.29) is 50.0 Å². The van der Waals surface area contributed by atoms with E-state index in [0.717, 1.165) is 5.56 Å². The van der Waals surface area contributed by atoms with Gasteiger partial charge >= 0.3 is 41.5 Å². The summed E-state index contributed by atoms with van der Waals surface area (Å²) in [6.45, 7) is 3.92. The number of aliphatic hydroxyl groups excluding tert-OH is 2. The van der Waals surface area contributed by atoms with Crippen molar-refractivity contribution in [3.63, 3.8) is 0 Å². The van der Waals surface area contributed by atoms with Gasteiger partial charge in [0.05, 0.1) is 31.3 Å². The maximum atomic E-state index is 14.2. The number of aliphatic carboxylic acids is 1. The van der Waals surface area contributed by atoms with E-state index in [0.29, 0.717) is 39.2 Å². The zero-order valence-corrected chi connectivity index (χ0v) is 28.8. The Morgan fingerprint density at radius 1 is 0.957 bits per heavy atom. The Hall–Kier alpha value is -4.06. The van der Waals surface area contributed by atoms with Crippen LogP contribution in [-0.4, -0.2) is 57.1 Å². The van der Waals surface area contributed by atoms with Gasteiger partial charge in [-0.2, -0.15) is 0 Å². The molecular formula is C36H38FN2NaO7. The largest absolute Gasteiger partial charge is 1.00 e.